The quantitative estimate of drug-likeness (QED) is 0.827. The molecule has 6 heteroatoms. The minimum absolute atomic E-state index is 0.00115. The number of hydrogen-bond donors (Lipinski definition) is 0. The molecule has 0 aliphatic carbocycles. The van der Waals surface area contributed by atoms with Crippen LogP contribution in [0.25, 0.3) is 0 Å². The van der Waals surface area contributed by atoms with Crippen molar-refractivity contribution in [2.24, 2.45) is 5.92 Å². The Hall–Kier alpha value is -0.520. The third kappa shape index (κ3) is 3.22. The van der Waals surface area contributed by atoms with Crippen molar-refractivity contribution in [1.29, 1.82) is 0 Å². The topological polar surface area (TPSA) is 17.8 Å². The predicted molar refractivity (Wildman–Crippen MR) is 54.4 cm³/mol. The molecule has 0 aliphatic rings. The van der Waals surface area contributed by atoms with Gasteiger partial charge in [0.15, 0.2) is 5.69 Å². The van der Waals surface area contributed by atoms with Gasteiger partial charge in [0.25, 0.3) is 0 Å². The molecule has 0 saturated heterocycles. The van der Waals surface area contributed by atoms with E-state index in [0.29, 0.717) is 12.3 Å². The molecule has 1 aromatic rings. The molecule has 1 heterocycles. The summed E-state index contributed by atoms with van der Waals surface area (Å²) >= 11 is 2.86. The number of nitrogens with zero attached hydrogens (tertiary/aromatic N) is 2. The molecule has 0 aromatic carbocycles. The van der Waals surface area contributed by atoms with E-state index in [1.165, 1.54) is 6.20 Å². The van der Waals surface area contributed by atoms with Gasteiger partial charge >= 0.3 is 6.18 Å². The first kappa shape index (κ1) is 12.5. The van der Waals surface area contributed by atoms with E-state index in [0.717, 1.165) is 4.68 Å². The van der Waals surface area contributed by atoms with Gasteiger partial charge in [0.05, 0.1) is 10.7 Å². The van der Waals surface area contributed by atoms with Gasteiger partial charge in [-0.15, -0.1) is 0 Å². The van der Waals surface area contributed by atoms with Crippen molar-refractivity contribution < 1.29 is 13.2 Å². The van der Waals surface area contributed by atoms with Crippen molar-refractivity contribution in [3.05, 3.63) is 16.4 Å². The van der Waals surface area contributed by atoms with Gasteiger partial charge < -0.3 is 0 Å². The van der Waals surface area contributed by atoms with Crippen molar-refractivity contribution in [3.8, 4) is 0 Å². The molecule has 86 valence electrons. The molecule has 0 aliphatic heterocycles. The summed E-state index contributed by atoms with van der Waals surface area (Å²) in [5.74, 6) is 0.356. The molecule has 1 rings (SSSR count). The molecule has 0 bridgehead atoms. The highest BCUT2D eigenvalue weighted by molar-refractivity contribution is 9.10. The summed E-state index contributed by atoms with van der Waals surface area (Å²) in [6, 6.07) is 0. The van der Waals surface area contributed by atoms with Crippen LogP contribution in [-0.2, 0) is 12.7 Å². The first-order chi connectivity index (χ1) is 6.82. The summed E-state index contributed by atoms with van der Waals surface area (Å²) in [7, 11) is 0. The van der Waals surface area contributed by atoms with E-state index in [1.54, 1.807) is 0 Å². The Morgan fingerprint density at radius 1 is 1.47 bits per heavy atom. The Labute approximate surface area is 94.6 Å². The van der Waals surface area contributed by atoms with Crippen LogP contribution in [-0.4, -0.2) is 9.78 Å². The molecule has 0 radical (unpaired) electrons. The van der Waals surface area contributed by atoms with E-state index in [4.69, 9.17) is 0 Å². The molecule has 0 unspecified atom stereocenters. The van der Waals surface area contributed by atoms with E-state index in [-0.39, 0.29) is 11.0 Å². The van der Waals surface area contributed by atoms with Crippen molar-refractivity contribution >= 4 is 15.9 Å². The first-order valence-electron chi connectivity index (χ1n) is 4.61. The highest BCUT2D eigenvalue weighted by Crippen LogP contribution is 2.34. The molecule has 2 nitrogen and oxygen atoms in total. The number of rotatable bonds is 3. The maximum atomic E-state index is 12.6. The van der Waals surface area contributed by atoms with E-state index in [1.807, 2.05) is 13.8 Å². The lowest BCUT2D eigenvalue weighted by Gasteiger charge is -2.11. The summed E-state index contributed by atoms with van der Waals surface area (Å²) in [4.78, 5) is 0. The molecular formula is C9H12BrF3N2. The van der Waals surface area contributed by atoms with Crippen molar-refractivity contribution in [3.63, 3.8) is 0 Å². The lowest BCUT2D eigenvalue weighted by atomic mass is 10.1. The Balaban J connectivity index is 2.89. The van der Waals surface area contributed by atoms with Crippen LogP contribution in [0.5, 0.6) is 0 Å². The van der Waals surface area contributed by atoms with Crippen molar-refractivity contribution in [2.45, 2.75) is 33.0 Å². The number of alkyl halides is 3. The van der Waals surface area contributed by atoms with Gasteiger partial charge in [0.2, 0.25) is 0 Å². The Kier molecular flexibility index (Phi) is 3.81. The van der Waals surface area contributed by atoms with E-state index in [2.05, 4.69) is 21.0 Å². The van der Waals surface area contributed by atoms with E-state index >= 15 is 0 Å². The minimum Gasteiger partial charge on any atom is -0.259 e. The Morgan fingerprint density at radius 3 is 2.53 bits per heavy atom. The molecule has 0 amide bonds. The average Bonchev–Trinajstić information content (AvgIpc) is 2.42. The van der Waals surface area contributed by atoms with Crippen LogP contribution in [0.15, 0.2) is 10.7 Å². The predicted octanol–water partition coefficient (Wildman–Crippen LogP) is 3.71. The zero-order valence-electron chi connectivity index (χ0n) is 8.48. The lowest BCUT2D eigenvalue weighted by molar-refractivity contribution is -0.144. The van der Waals surface area contributed by atoms with Gasteiger partial charge in [-0.1, -0.05) is 13.8 Å². The number of hydrogen-bond acceptors (Lipinski definition) is 1. The normalized spacial score (nSPS) is 12.5. The van der Waals surface area contributed by atoms with Gasteiger partial charge in [0, 0.05) is 6.54 Å². The zero-order valence-corrected chi connectivity index (χ0v) is 10.1. The summed E-state index contributed by atoms with van der Waals surface area (Å²) in [5, 5.41) is 3.70. The molecule has 0 spiro atoms. The van der Waals surface area contributed by atoms with Gasteiger partial charge in [-0.2, -0.15) is 18.3 Å². The Bertz CT molecular complexity index is 331. The van der Waals surface area contributed by atoms with Gasteiger partial charge in [-0.25, -0.2) is 0 Å². The first-order valence-corrected chi connectivity index (χ1v) is 5.40. The fraction of sp³-hybridized carbons (Fsp3) is 0.667. The Morgan fingerprint density at radius 2 is 2.07 bits per heavy atom. The average molecular weight is 285 g/mol. The van der Waals surface area contributed by atoms with Crippen LogP contribution >= 0.6 is 15.9 Å². The molecular weight excluding hydrogens is 273 g/mol. The second-order valence-electron chi connectivity index (χ2n) is 3.74. The number of halogens is 4. The smallest absolute Gasteiger partial charge is 0.259 e. The maximum absolute atomic E-state index is 12.6. The van der Waals surface area contributed by atoms with Gasteiger partial charge in [-0.3, -0.25) is 4.68 Å². The van der Waals surface area contributed by atoms with Crippen LogP contribution < -0.4 is 0 Å². The molecule has 15 heavy (non-hydrogen) atoms. The third-order valence-corrected chi connectivity index (χ3v) is 2.56. The van der Waals surface area contributed by atoms with E-state index in [9.17, 15) is 13.2 Å². The van der Waals surface area contributed by atoms with Crippen LogP contribution in [0.2, 0.25) is 0 Å². The SMILES string of the molecule is CC(C)CCn1ncc(Br)c1C(F)(F)F. The van der Waals surface area contributed by atoms with Crippen LogP contribution in [0.3, 0.4) is 0 Å². The zero-order chi connectivity index (χ0) is 11.6. The highest BCUT2D eigenvalue weighted by Gasteiger charge is 2.37. The molecule has 0 fully saturated rings. The second-order valence-corrected chi connectivity index (χ2v) is 4.60. The standard InChI is InChI=1S/C9H12BrF3N2/c1-6(2)3-4-15-8(9(11,12)13)7(10)5-14-15/h5-6H,3-4H2,1-2H3. The minimum atomic E-state index is -4.35. The molecule has 0 N–H and O–H groups in total. The van der Waals surface area contributed by atoms with Crippen LogP contribution in [0.4, 0.5) is 13.2 Å². The van der Waals surface area contributed by atoms with Gasteiger partial charge in [0.1, 0.15) is 0 Å². The highest BCUT2D eigenvalue weighted by atomic mass is 79.9. The molecule has 0 atom stereocenters. The monoisotopic (exact) mass is 284 g/mol. The van der Waals surface area contributed by atoms with Gasteiger partial charge in [-0.05, 0) is 28.3 Å². The van der Waals surface area contributed by atoms with Crippen molar-refractivity contribution in [1.82, 2.24) is 9.78 Å². The van der Waals surface area contributed by atoms with Crippen molar-refractivity contribution in [2.75, 3.05) is 0 Å². The molecule has 1 aromatic heterocycles. The molecule has 0 saturated carbocycles. The summed E-state index contributed by atoms with van der Waals surface area (Å²) in [6.07, 6.45) is -2.49. The maximum Gasteiger partial charge on any atom is 0.434 e. The number of aryl methyl sites for hydroxylation is 1. The fourth-order valence-corrected chi connectivity index (χ4v) is 1.72. The van der Waals surface area contributed by atoms with Crippen LogP contribution in [0, 0.1) is 5.92 Å². The second kappa shape index (κ2) is 4.55. The van der Waals surface area contributed by atoms with Crippen LogP contribution in [0.1, 0.15) is 26.0 Å². The summed E-state index contributed by atoms with van der Waals surface area (Å²) < 4.78 is 38.7. The summed E-state index contributed by atoms with van der Waals surface area (Å²) in [6.45, 7) is 4.22. The lowest BCUT2D eigenvalue weighted by Crippen LogP contribution is -2.16. The fourth-order valence-electron chi connectivity index (χ4n) is 1.19. The number of aromatic nitrogens is 2. The third-order valence-electron chi connectivity index (χ3n) is 1.98. The van der Waals surface area contributed by atoms with E-state index < -0.39 is 11.9 Å². The summed E-state index contributed by atoms with van der Waals surface area (Å²) in [5.41, 5.74) is -0.705. The largest absolute Gasteiger partial charge is 0.434 e.